The van der Waals surface area contributed by atoms with Gasteiger partial charge in [0.1, 0.15) is 6.61 Å². The monoisotopic (exact) mass is 208 g/mol. The third-order valence-corrected chi connectivity index (χ3v) is 2.61. The molecule has 1 aliphatic heterocycles. The lowest BCUT2D eigenvalue weighted by atomic mass is 10.2. The summed E-state index contributed by atoms with van der Waals surface area (Å²) in [4.78, 5) is 14.4. The van der Waals surface area contributed by atoms with Gasteiger partial charge in [-0.15, -0.1) is 0 Å². The summed E-state index contributed by atoms with van der Waals surface area (Å²) in [6.07, 6.45) is 4.10. The van der Waals surface area contributed by atoms with E-state index in [0.717, 1.165) is 13.0 Å². The van der Waals surface area contributed by atoms with Crippen molar-refractivity contribution in [2.75, 3.05) is 19.8 Å². The van der Waals surface area contributed by atoms with Crippen LogP contribution in [0, 0.1) is 0 Å². The van der Waals surface area contributed by atoms with Crippen molar-refractivity contribution in [1.82, 2.24) is 10.3 Å². The third kappa shape index (κ3) is 2.91. The van der Waals surface area contributed by atoms with E-state index in [1.807, 2.05) is 6.07 Å². The summed E-state index contributed by atoms with van der Waals surface area (Å²) in [7, 11) is 0. The quantitative estimate of drug-likeness (QED) is 0.709. The number of rotatable bonds is 5. The van der Waals surface area contributed by atoms with Crippen molar-refractivity contribution in [1.29, 1.82) is 0 Å². The molecule has 1 aliphatic rings. The number of hydrogen-bond donors (Lipinski definition) is 2. The molecule has 1 aromatic rings. The van der Waals surface area contributed by atoms with Crippen molar-refractivity contribution in [2.24, 2.45) is 0 Å². The van der Waals surface area contributed by atoms with E-state index in [9.17, 15) is 4.79 Å². The van der Waals surface area contributed by atoms with Crippen molar-refractivity contribution in [3.8, 4) is 0 Å². The first-order valence-electron chi connectivity index (χ1n) is 5.34. The van der Waals surface area contributed by atoms with E-state index in [0.29, 0.717) is 18.3 Å². The second kappa shape index (κ2) is 5.09. The molecule has 0 radical (unpaired) electrons. The summed E-state index contributed by atoms with van der Waals surface area (Å²) in [6, 6.07) is 4.01. The van der Waals surface area contributed by atoms with E-state index in [-0.39, 0.29) is 12.4 Å². The highest BCUT2D eigenvalue weighted by atomic mass is 16.5. The van der Waals surface area contributed by atoms with Gasteiger partial charge >= 0.3 is 0 Å². The molecule has 0 saturated carbocycles. The number of carbonyl (C=O) groups is 1. The molecule has 2 heterocycles. The largest absolute Gasteiger partial charge is 0.372 e. The summed E-state index contributed by atoms with van der Waals surface area (Å²) >= 11 is 0. The summed E-state index contributed by atoms with van der Waals surface area (Å²) in [5.74, 6) is 0.0120. The Labute approximate surface area is 89.0 Å². The van der Waals surface area contributed by atoms with Crippen molar-refractivity contribution in [2.45, 2.75) is 18.9 Å². The highest BCUT2D eigenvalue weighted by molar-refractivity contribution is 5.95. The average Bonchev–Trinajstić information content (AvgIpc) is 2.90. The zero-order chi connectivity index (χ0) is 10.5. The van der Waals surface area contributed by atoms with E-state index < -0.39 is 0 Å². The summed E-state index contributed by atoms with van der Waals surface area (Å²) in [5.41, 5.74) is 0.620. The lowest BCUT2D eigenvalue weighted by molar-refractivity contribution is 0.0719. The Balaban J connectivity index is 1.67. The van der Waals surface area contributed by atoms with Crippen LogP contribution in [0.2, 0.25) is 0 Å². The van der Waals surface area contributed by atoms with Gasteiger partial charge in [0.15, 0.2) is 0 Å². The predicted molar refractivity (Wildman–Crippen MR) is 57.0 cm³/mol. The van der Waals surface area contributed by atoms with Crippen LogP contribution >= 0.6 is 0 Å². The molecular weight excluding hydrogens is 192 g/mol. The second-order valence-electron chi connectivity index (χ2n) is 3.82. The lowest BCUT2D eigenvalue weighted by Crippen LogP contribution is -2.28. The first-order valence-corrected chi connectivity index (χ1v) is 5.34. The molecule has 0 aromatic carbocycles. The minimum absolute atomic E-state index is 0.0120. The van der Waals surface area contributed by atoms with Crippen molar-refractivity contribution < 1.29 is 9.53 Å². The normalized spacial score (nSPS) is 20.7. The molecule has 0 amide bonds. The van der Waals surface area contributed by atoms with Gasteiger partial charge in [-0.1, -0.05) is 0 Å². The van der Waals surface area contributed by atoms with Gasteiger partial charge in [-0.05, 0) is 31.5 Å². The van der Waals surface area contributed by atoms with Gasteiger partial charge < -0.3 is 15.0 Å². The van der Waals surface area contributed by atoms with Crippen LogP contribution in [0.5, 0.6) is 0 Å². The van der Waals surface area contributed by atoms with Crippen molar-refractivity contribution >= 4 is 5.78 Å². The maximum absolute atomic E-state index is 11.5. The molecule has 4 heteroatoms. The molecule has 2 rings (SSSR count). The highest BCUT2D eigenvalue weighted by Crippen LogP contribution is 2.05. The molecule has 82 valence electrons. The number of carbonyl (C=O) groups excluding carboxylic acids is 1. The fourth-order valence-corrected chi connectivity index (χ4v) is 1.77. The van der Waals surface area contributed by atoms with Gasteiger partial charge in [-0.2, -0.15) is 0 Å². The van der Waals surface area contributed by atoms with Gasteiger partial charge in [0.2, 0.25) is 5.78 Å². The molecule has 4 nitrogen and oxygen atoms in total. The summed E-state index contributed by atoms with van der Waals surface area (Å²) < 4.78 is 5.37. The van der Waals surface area contributed by atoms with Crippen LogP contribution in [0.25, 0.3) is 0 Å². The van der Waals surface area contributed by atoms with Crippen LogP contribution in [0.4, 0.5) is 0 Å². The lowest BCUT2D eigenvalue weighted by Gasteiger charge is -2.09. The Bertz CT molecular complexity index is 302. The van der Waals surface area contributed by atoms with Crippen LogP contribution in [0.1, 0.15) is 23.3 Å². The number of nitrogens with one attached hydrogen (secondary N) is 2. The Morgan fingerprint density at radius 3 is 3.20 bits per heavy atom. The van der Waals surface area contributed by atoms with Crippen LogP contribution in [-0.4, -0.2) is 36.6 Å². The van der Waals surface area contributed by atoms with Gasteiger partial charge in [-0.25, -0.2) is 0 Å². The average molecular weight is 208 g/mol. The maximum Gasteiger partial charge on any atom is 0.204 e. The van der Waals surface area contributed by atoms with E-state index in [1.165, 1.54) is 6.42 Å². The molecule has 2 N–H and O–H groups in total. The smallest absolute Gasteiger partial charge is 0.204 e. The summed E-state index contributed by atoms with van der Waals surface area (Å²) in [5, 5.41) is 3.32. The molecule has 0 aliphatic carbocycles. The fraction of sp³-hybridized carbons (Fsp3) is 0.545. The number of ketones is 1. The van der Waals surface area contributed by atoms with Crippen LogP contribution in [0.3, 0.4) is 0 Å². The van der Waals surface area contributed by atoms with Gasteiger partial charge in [0, 0.05) is 12.2 Å². The Morgan fingerprint density at radius 2 is 2.53 bits per heavy atom. The second-order valence-corrected chi connectivity index (χ2v) is 3.82. The van der Waals surface area contributed by atoms with Crippen LogP contribution < -0.4 is 5.32 Å². The third-order valence-electron chi connectivity index (χ3n) is 2.61. The maximum atomic E-state index is 11.5. The Hall–Kier alpha value is -1.13. The molecule has 15 heavy (non-hydrogen) atoms. The molecular formula is C11H16N2O2. The number of H-pyrrole nitrogens is 1. The Kier molecular flexibility index (Phi) is 3.53. The molecule has 0 spiro atoms. The Morgan fingerprint density at radius 1 is 1.60 bits per heavy atom. The number of hydrogen-bond acceptors (Lipinski definition) is 3. The number of Topliss-reactive ketones (excluding diaryl/α,β-unsaturated/α-hetero) is 1. The highest BCUT2D eigenvalue weighted by Gasteiger charge is 2.14. The van der Waals surface area contributed by atoms with Crippen LogP contribution in [-0.2, 0) is 4.74 Å². The predicted octanol–water partition coefficient (Wildman–Crippen LogP) is 0.966. The van der Waals surface area contributed by atoms with E-state index in [4.69, 9.17) is 4.74 Å². The zero-order valence-electron chi connectivity index (χ0n) is 8.66. The molecule has 0 unspecified atom stereocenters. The molecule has 1 saturated heterocycles. The topological polar surface area (TPSA) is 54.1 Å². The standard InChI is InChI=1S/C11H16N2O2/c14-11(10-4-2-6-13-10)8-15-7-9-3-1-5-12-9/h2,4,6,9,12-13H,1,3,5,7-8H2/t9-/m1/s1. The van der Waals surface area contributed by atoms with E-state index in [2.05, 4.69) is 10.3 Å². The van der Waals surface area contributed by atoms with E-state index in [1.54, 1.807) is 12.3 Å². The number of aromatic nitrogens is 1. The van der Waals surface area contributed by atoms with E-state index >= 15 is 0 Å². The SMILES string of the molecule is O=C(COC[C@H]1CCCN1)c1ccc[nH]1. The molecule has 1 atom stereocenters. The zero-order valence-corrected chi connectivity index (χ0v) is 8.66. The summed E-state index contributed by atoms with van der Waals surface area (Å²) in [6.45, 7) is 1.86. The first kappa shape index (κ1) is 10.4. The molecule has 1 aromatic heterocycles. The minimum atomic E-state index is 0.0120. The van der Waals surface area contributed by atoms with Crippen molar-refractivity contribution in [3.63, 3.8) is 0 Å². The van der Waals surface area contributed by atoms with Crippen molar-refractivity contribution in [3.05, 3.63) is 24.0 Å². The fourth-order valence-electron chi connectivity index (χ4n) is 1.77. The van der Waals surface area contributed by atoms with Gasteiger partial charge in [0.25, 0.3) is 0 Å². The van der Waals surface area contributed by atoms with Crippen LogP contribution in [0.15, 0.2) is 18.3 Å². The van der Waals surface area contributed by atoms with Gasteiger partial charge in [-0.3, -0.25) is 4.79 Å². The minimum Gasteiger partial charge on any atom is -0.372 e. The van der Waals surface area contributed by atoms with Gasteiger partial charge in [0.05, 0.1) is 12.3 Å². The molecule has 0 bridgehead atoms. The number of aromatic amines is 1. The number of ether oxygens (including phenoxy) is 1. The first-order chi connectivity index (χ1) is 7.36. The molecule has 1 fully saturated rings.